The van der Waals surface area contributed by atoms with Crippen LogP contribution in [0, 0.1) is 11.8 Å². The van der Waals surface area contributed by atoms with E-state index in [2.05, 4.69) is 63.6 Å². The minimum atomic E-state index is 0.536. The second-order valence-corrected chi connectivity index (χ2v) is 6.46. The normalized spacial score (nSPS) is 31.1. The van der Waals surface area contributed by atoms with E-state index in [1.165, 1.54) is 30.5 Å². The predicted molar refractivity (Wildman–Crippen MR) is 88.5 cm³/mol. The maximum atomic E-state index is 4.12. The van der Waals surface area contributed by atoms with Crippen molar-refractivity contribution < 1.29 is 0 Å². The molecule has 1 heteroatoms. The smallest absolute Gasteiger partial charge is 0.0386 e. The quantitative estimate of drug-likeness (QED) is 0.646. The van der Waals surface area contributed by atoms with Crippen molar-refractivity contribution in [2.24, 2.45) is 11.8 Å². The molecule has 0 aromatic heterocycles. The zero-order chi connectivity index (χ0) is 14.7. The van der Waals surface area contributed by atoms with Gasteiger partial charge in [0.05, 0.1) is 0 Å². The third-order valence-electron chi connectivity index (χ3n) is 5.00. The van der Waals surface area contributed by atoms with Gasteiger partial charge in [-0.2, -0.15) is 0 Å². The first-order valence-corrected chi connectivity index (χ1v) is 7.94. The van der Waals surface area contributed by atoms with Gasteiger partial charge < -0.3 is 4.90 Å². The molecule has 1 heterocycles. The molecule has 0 radical (unpaired) electrons. The lowest BCUT2D eigenvalue weighted by Crippen LogP contribution is -2.37. The molecule has 1 nitrogen and oxygen atoms in total. The largest absolute Gasteiger partial charge is 0.371 e. The summed E-state index contributed by atoms with van der Waals surface area (Å²) in [7, 11) is 2.27. The summed E-state index contributed by atoms with van der Waals surface area (Å²) in [6.45, 7) is 10.9. The van der Waals surface area contributed by atoms with Gasteiger partial charge in [0.2, 0.25) is 0 Å². The monoisotopic (exact) mass is 271 g/mol. The van der Waals surface area contributed by atoms with Crippen LogP contribution in [0.15, 0.2) is 47.7 Å². The molecule has 3 atom stereocenters. The van der Waals surface area contributed by atoms with E-state index in [1.54, 1.807) is 5.57 Å². The Balaban J connectivity index is 2.38. The summed E-state index contributed by atoms with van der Waals surface area (Å²) in [6.07, 6.45) is 13.9. The van der Waals surface area contributed by atoms with E-state index in [0.29, 0.717) is 17.9 Å². The first kappa shape index (κ1) is 15.2. The summed E-state index contributed by atoms with van der Waals surface area (Å²) < 4.78 is 0. The van der Waals surface area contributed by atoms with Crippen molar-refractivity contribution in [3.05, 3.63) is 47.7 Å². The van der Waals surface area contributed by atoms with Crippen molar-refractivity contribution in [3.63, 3.8) is 0 Å². The molecule has 110 valence electrons. The Bertz CT molecular complexity index is 452. The van der Waals surface area contributed by atoms with Crippen LogP contribution in [-0.2, 0) is 0 Å². The molecule has 0 amide bonds. The average molecular weight is 271 g/mol. The predicted octanol–water partition coefficient (Wildman–Crippen LogP) is 5.09. The summed E-state index contributed by atoms with van der Waals surface area (Å²) >= 11 is 0. The number of rotatable bonds is 3. The summed E-state index contributed by atoms with van der Waals surface area (Å²) in [6, 6.07) is 0.536. The Hall–Kier alpha value is -1.24. The molecule has 0 fully saturated rings. The van der Waals surface area contributed by atoms with Crippen LogP contribution in [0.3, 0.4) is 0 Å². The van der Waals surface area contributed by atoms with Gasteiger partial charge in [0.25, 0.3) is 0 Å². The molecular weight excluding hydrogens is 242 g/mol. The van der Waals surface area contributed by atoms with E-state index in [4.69, 9.17) is 0 Å². The highest BCUT2D eigenvalue weighted by Crippen LogP contribution is 2.39. The molecule has 1 unspecified atom stereocenters. The lowest BCUT2D eigenvalue weighted by Gasteiger charge is -2.36. The van der Waals surface area contributed by atoms with Gasteiger partial charge in [0.15, 0.2) is 0 Å². The maximum Gasteiger partial charge on any atom is 0.0386 e. The van der Waals surface area contributed by atoms with Gasteiger partial charge in [-0.15, -0.1) is 6.58 Å². The summed E-state index contributed by atoms with van der Waals surface area (Å²) in [5.74, 6) is 1.25. The minimum absolute atomic E-state index is 0.536. The fourth-order valence-corrected chi connectivity index (χ4v) is 3.76. The van der Waals surface area contributed by atoms with E-state index in [9.17, 15) is 0 Å². The molecule has 1 aliphatic carbocycles. The van der Waals surface area contributed by atoms with Crippen LogP contribution in [0.1, 0.15) is 46.5 Å². The zero-order valence-corrected chi connectivity index (χ0v) is 13.5. The molecule has 0 N–H and O–H groups in total. The molecule has 0 spiro atoms. The van der Waals surface area contributed by atoms with Crippen molar-refractivity contribution in [2.75, 3.05) is 7.05 Å². The third kappa shape index (κ3) is 2.92. The number of hydrogen-bond acceptors (Lipinski definition) is 1. The first-order chi connectivity index (χ1) is 9.58. The molecule has 20 heavy (non-hydrogen) atoms. The molecule has 0 aromatic rings. The van der Waals surface area contributed by atoms with E-state index in [0.717, 1.165) is 6.42 Å². The van der Waals surface area contributed by atoms with E-state index >= 15 is 0 Å². The van der Waals surface area contributed by atoms with Gasteiger partial charge in [0, 0.05) is 24.7 Å². The van der Waals surface area contributed by atoms with Crippen LogP contribution in [0.25, 0.3) is 0 Å². The number of nitrogens with zero attached hydrogens (tertiary/aromatic N) is 1. The summed E-state index contributed by atoms with van der Waals surface area (Å²) in [5, 5.41) is 0. The van der Waals surface area contributed by atoms with E-state index in [1.807, 2.05) is 0 Å². The Morgan fingerprint density at radius 3 is 2.80 bits per heavy atom. The minimum Gasteiger partial charge on any atom is -0.371 e. The second-order valence-electron chi connectivity index (χ2n) is 6.46. The molecule has 2 rings (SSSR count). The van der Waals surface area contributed by atoms with Crippen LogP contribution in [0.2, 0.25) is 0 Å². The maximum absolute atomic E-state index is 4.12. The number of hydrogen-bond donors (Lipinski definition) is 0. The van der Waals surface area contributed by atoms with Gasteiger partial charge in [-0.3, -0.25) is 0 Å². The average Bonchev–Trinajstić information content (AvgIpc) is 2.53. The van der Waals surface area contributed by atoms with Gasteiger partial charge >= 0.3 is 0 Å². The van der Waals surface area contributed by atoms with Crippen LogP contribution < -0.4 is 0 Å². The van der Waals surface area contributed by atoms with Gasteiger partial charge in [-0.25, -0.2) is 0 Å². The Morgan fingerprint density at radius 2 is 2.15 bits per heavy atom. The van der Waals surface area contributed by atoms with Crippen molar-refractivity contribution in [3.8, 4) is 0 Å². The van der Waals surface area contributed by atoms with Crippen molar-refractivity contribution in [2.45, 2.75) is 52.5 Å². The highest BCUT2D eigenvalue weighted by atomic mass is 15.1. The van der Waals surface area contributed by atoms with Crippen LogP contribution in [-0.4, -0.2) is 18.0 Å². The summed E-state index contributed by atoms with van der Waals surface area (Å²) in [5.41, 5.74) is 4.66. The lowest BCUT2D eigenvalue weighted by molar-refractivity contribution is 0.222. The molecule has 0 saturated carbocycles. The third-order valence-corrected chi connectivity index (χ3v) is 5.00. The highest BCUT2D eigenvalue weighted by Gasteiger charge is 2.33. The summed E-state index contributed by atoms with van der Waals surface area (Å²) in [4.78, 5) is 2.52. The Labute approximate surface area is 124 Å². The fourth-order valence-electron chi connectivity index (χ4n) is 3.76. The standard InChI is InChI=1S/C19H29N/c1-6-8-9-18-17(7-2)15(4)13-16-11-10-14(3)12-19(16)20(18)5/h6-8,12,15,17-18H,2,9-11,13H2,1,3-5H3/b8-6-/t15-,17?,18-/m0/s1. The number of likely N-dealkylation sites (N-methyl/N-ethyl adjacent to an activating group) is 1. The van der Waals surface area contributed by atoms with Crippen molar-refractivity contribution >= 4 is 0 Å². The van der Waals surface area contributed by atoms with Gasteiger partial charge in [-0.05, 0) is 57.1 Å². The second kappa shape index (κ2) is 6.47. The molecule has 0 saturated heterocycles. The highest BCUT2D eigenvalue weighted by molar-refractivity contribution is 5.34. The van der Waals surface area contributed by atoms with Crippen LogP contribution >= 0.6 is 0 Å². The molecular formula is C19H29N. The van der Waals surface area contributed by atoms with Crippen LogP contribution in [0.5, 0.6) is 0 Å². The SMILES string of the molecule is C=CC1[C@@H](C)CC2=C(C=C(C)CC2)N(C)[C@H]1C/C=C\C. The zero-order valence-electron chi connectivity index (χ0n) is 13.5. The topological polar surface area (TPSA) is 3.24 Å². The molecule has 0 aromatic carbocycles. The Morgan fingerprint density at radius 1 is 1.40 bits per heavy atom. The van der Waals surface area contributed by atoms with Crippen molar-refractivity contribution in [1.29, 1.82) is 0 Å². The molecule has 0 bridgehead atoms. The first-order valence-electron chi connectivity index (χ1n) is 7.94. The molecule has 1 aliphatic heterocycles. The van der Waals surface area contributed by atoms with Crippen LogP contribution in [0.4, 0.5) is 0 Å². The lowest BCUT2D eigenvalue weighted by atomic mass is 9.82. The molecule has 2 aliphatic rings. The van der Waals surface area contributed by atoms with Gasteiger partial charge in [-0.1, -0.05) is 30.7 Å². The van der Waals surface area contributed by atoms with Gasteiger partial charge in [0.1, 0.15) is 0 Å². The van der Waals surface area contributed by atoms with E-state index < -0.39 is 0 Å². The van der Waals surface area contributed by atoms with Crippen molar-refractivity contribution in [1.82, 2.24) is 4.90 Å². The van der Waals surface area contributed by atoms with E-state index in [-0.39, 0.29) is 0 Å². The Kier molecular flexibility index (Phi) is 4.91. The fraction of sp³-hybridized carbons (Fsp3) is 0.579. The number of allylic oxidation sites excluding steroid dienone is 4.